The standard InChI is InChI=1S/C12H8FNOS/c1-15-11-4-2-3-9(7-11)5-6-10-8-16-12(13)14-10/h2-4,7-8H,1H3. The molecule has 0 saturated carbocycles. The molecule has 0 radical (unpaired) electrons. The SMILES string of the molecule is COc1cccc(C#Cc2csc(F)n2)c1. The molecule has 2 rings (SSSR count). The van der Waals surface area contributed by atoms with E-state index >= 15 is 0 Å². The van der Waals surface area contributed by atoms with Gasteiger partial charge in [-0.05, 0) is 24.1 Å². The van der Waals surface area contributed by atoms with Crippen molar-refractivity contribution in [2.45, 2.75) is 0 Å². The molecule has 0 aliphatic carbocycles. The lowest BCUT2D eigenvalue weighted by Crippen LogP contribution is -1.83. The van der Waals surface area contributed by atoms with E-state index in [0.717, 1.165) is 22.6 Å². The molecule has 0 fully saturated rings. The fourth-order valence-corrected chi connectivity index (χ4v) is 1.62. The second-order valence-electron chi connectivity index (χ2n) is 2.97. The van der Waals surface area contributed by atoms with Gasteiger partial charge in [0.15, 0.2) is 0 Å². The molecule has 0 saturated heterocycles. The van der Waals surface area contributed by atoms with Gasteiger partial charge in [-0.3, -0.25) is 0 Å². The zero-order chi connectivity index (χ0) is 11.4. The fraction of sp³-hybridized carbons (Fsp3) is 0.0833. The van der Waals surface area contributed by atoms with Gasteiger partial charge in [0.1, 0.15) is 11.4 Å². The highest BCUT2D eigenvalue weighted by Crippen LogP contribution is 2.12. The first-order valence-corrected chi connectivity index (χ1v) is 5.43. The maximum atomic E-state index is 12.6. The third-order valence-corrected chi connectivity index (χ3v) is 2.51. The topological polar surface area (TPSA) is 22.1 Å². The zero-order valence-corrected chi connectivity index (χ0v) is 9.34. The number of halogens is 1. The van der Waals surface area contributed by atoms with Crippen molar-refractivity contribution in [2.75, 3.05) is 7.11 Å². The first-order chi connectivity index (χ1) is 7.78. The number of methoxy groups -OCH3 is 1. The van der Waals surface area contributed by atoms with E-state index < -0.39 is 5.26 Å². The van der Waals surface area contributed by atoms with Crippen molar-refractivity contribution in [1.82, 2.24) is 4.98 Å². The van der Waals surface area contributed by atoms with Crippen molar-refractivity contribution in [3.05, 3.63) is 46.2 Å². The minimum atomic E-state index is -0.463. The van der Waals surface area contributed by atoms with Crippen LogP contribution in [0.1, 0.15) is 11.3 Å². The second-order valence-corrected chi connectivity index (χ2v) is 3.78. The average Bonchev–Trinajstić information content (AvgIpc) is 2.73. The lowest BCUT2D eigenvalue weighted by atomic mass is 10.2. The van der Waals surface area contributed by atoms with Gasteiger partial charge < -0.3 is 4.74 Å². The summed E-state index contributed by atoms with van der Waals surface area (Å²) in [4.78, 5) is 3.62. The predicted molar refractivity (Wildman–Crippen MR) is 61.0 cm³/mol. The molecule has 80 valence electrons. The highest BCUT2D eigenvalue weighted by Gasteiger charge is 1.96. The van der Waals surface area contributed by atoms with Gasteiger partial charge in [0.2, 0.25) is 0 Å². The van der Waals surface area contributed by atoms with Crippen molar-refractivity contribution in [2.24, 2.45) is 0 Å². The number of hydrogen-bond acceptors (Lipinski definition) is 3. The Morgan fingerprint density at radius 3 is 2.94 bits per heavy atom. The molecule has 0 aliphatic heterocycles. The Morgan fingerprint density at radius 1 is 1.38 bits per heavy atom. The van der Waals surface area contributed by atoms with E-state index in [-0.39, 0.29) is 0 Å². The van der Waals surface area contributed by atoms with Crippen LogP contribution in [-0.2, 0) is 0 Å². The van der Waals surface area contributed by atoms with E-state index in [9.17, 15) is 4.39 Å². The van der Waals surface area contributed by atoms with Gasteiger partial charge in [-0.1, -0.05) is 23.3 Å². The first kappa shape index (κ1) is 10.7. The third kappa shape index (κ3) is 2.59. The number of thiazole rings is 1. The quantitative estimate of drug-likeness (QED) is 0.706. The Hall–Kier alpha value is -1.86. The Morgan fingerprint density at radius 2 is 2.25 bits per heavy atom. The van der Waals surface area contributed by atoms with Crippen LogP contribution in [0.15, 0.2) is 29.6 Å². The number of ether oxygens (including phenoxy) is 1. The van der Waals surface area contributed by atoms with E-state index in [1.54, 1.807) is 12.5 Å². The van der Waals surface area contributed by atoms with Crippen molar-refractivity contribution in [3.8, 4) is 17.6 Å². The van der Waals surface area contributed by atoms with Gasteiger partial charge in [-0.2, -0.15) is 4.39 Å². The maximum absolute atomic E-state index is 12.6. The van der Waals surface area contributed by atoms with Crippen LogP contribution >= 0.6 is 11.3 Å². The molecule has 0 spiro atoms. The van der Waals surface area contributed by atoms with Crippen molar-refractivity contribution in [1.29, 1.82) is 0 Å². The molecule has 0 atom stereocenters. The number of nitrogens with zero attached hydrogens (tertiary/aromatic N) is 1. The number of benzene rings is 1. The van der Waals surface area contributed by atoms with Crippen LogP contribution in [0.4, 0.5) is 4.39 Å². The normalized spacial score (nSPS) is 9.38. The molecule has 4 heteroatoms. The summed E-state index contributed by atoms with van der Waals surface area (Å²) in [5, 5.41) is 1.12. The molecule has 1 aromatic carbocycles. The van der Waals surface area contributed by atoms with Crippen LogP contribution in [0.3, 0.4) is 0 Å². The monoisotopic (exact) mass is 233 g/mol. The largest absolute Gasteiger partial charge is 0.497 e. The molecule has 16 heavy (non-hydrogen) atoms. The first-order valence-electron chi connectivity index (χ1n) is 4.55. The summed E-state index contributed by atoms with van der Waals surface area (Å²) in [6, 6.07) is 7.37. The van der Waals surface area contributed by atoms with Crippen LogP contribution in [0, 0.1) is 17.1 Å². The molecule has 2 nitrogen and oxygen atoms in total. The Bertz CT molecular complexity index is 553. The van der Waals surface area contributed by atoms with Crippen molar-refractivity contribution < 1.29 is 9.13 Å². The zero-order valence-electron chi connectivity index (χ0n) is 8.53. The van der Waals surface area contributed by atoms with E-state index in [2.05, 4.69) is 16.8 Å². The molecule has 0 N–H and O–H groups in total. The lowest BCUT2D eigenvalue weighted by molar-refractivity contribution is 0.414. The smallest absolute Gasteiger partial charge is 0.270 e. The molecule has 1 aromatic heterocycles. The minimum Gasteiger partial charge on any atom is -0.497 e. The van der Waals surface area contributed by atoms with Crippen LogP contribution in [0.2, 0.25) is 0 Å². The number of rotatable bonds is 1. The summed E-state index contributed by atoms with van der Waals surface area (Å²) >= 11 is 0.942. The predicted octanol–water partition coefficient (Wildman–Crippen LogP) is 2.69. The molecule has 0 unspecified atom stereocenters. The fourth-order valence-electron chi connectivity index (χ4n) is 1.15. The Balaban J connectivity index is 2.23. The highest BCUT2D eigenvalue weighted by atomic mass is 32.1. The number of hydrogen-bond donors (Lipinski definition) is 0. The third-order valence-electron chi connectivity index (χ3n) is 1.88. The van der Waals surface area contributed by atoms with Gasteiger partial charge in [-0.25, -0.2) is 4.98 Å². The van der Waals surface area contributed by atoms with Crippen molar-refractivity contribution in [3.63, 3.8) is 0 Å². The van der Waals surface area contributed by atoms with Crippen LogP contribution in [-0.4, -0.2) is 12.1 Å². The summed E-state index contributed by atoms with van der Waals surface area (Å²) in [5.41, 5.74) is 1.26. The van der Waals surface area contributed by atoms with Crippen LogP contribution in [0.25, 0.3) is 0 Å². The summed E-state index contributed by atoms with van der Waals surface area (Å²) in [6.45, 7) is 0. The minimum absolute atomic E-state index is 0.449. The van der Waals surface area contributed by atoms with Crippen molar-refractivity contribution >= 4 is 11.3 Å². The number of aromatic nitrogens is 1. The summed E-state index contributed by atoms with van der Waals surface area (Å²) in [5.74, 6) is 6.43. The molecular weight excluding hydrogens is 225 g/mol. The molecule has 0 bridgehead atoms. The van der Waals surface area contributed by atoms with Crippen LogP contribution < -0.4 is 4.74 Å². The second kappa shape index (κ2) is 4.77. The van der Waals surface area contributed by atoms with E-state index in [1.165, 1.54) is 0 Å². The Kier molecular flexibility index (Phi) is 3.18. The van der Waals surface area contributed by atoms with Gasteiger partial charge in [0.05, 0.1) is 7.11 Å². The van der Waals surface area contributed by atoms with Gasteiger partial charge >= 0.3 is 0 Å². The Labute approximate surface area is 96.7 Å². The van der Waals surface area contributed by atoms with Gasteiger partial charge in [0.25, 0.3) is 5.26 Å². The van der Waals surface area contributed by atoms with Gasteiger partial charge in [-0.15, -0.1) is 0 Å². The summed E-state index contributed by atoms with van der Waals surface area (Å²) < 4.78 is 17.7. The van der Waals surface area contributed by atoms with E-state index in [1.807, 2.05) is 24.3 Å². The van der Waals surface area contributed by atoms with Gasteiger partial charge in [0, 0.05) is 10.9 Å². The molecule has 0 amide bonds. The van der Waals surface area contributed by atoms with E-state index in [0.29, 0.717) is 5.69 Å². The summed E-state index contributed by atoms with van der Waals surface area (Å²) in [7, 11) is 1.60. The van der Waals surface area contributed by atoms with Crippen LogP contribution in [0.5, 0.6) is 5.75 Å². The lowest BCUT2D eigenvalue weighted by Gasteiger charge is -1.97. The molecule has 1 heterocycles. The van der Waals surface area contributed by atoms with E-state index in [4.69, 9.17) is 4.74 Å². The highest BCUT2D eigenvalue weighted by molar-refractivity contribution is 7.08. The summed E-state index contributed by atoms with van der Waals surface area (Å²) in [6.07, 6.45) is 0. The maximum Gasteiger partial charge on any atom is 0.270 e. The molecule has 0 aliphatic rings. The molecular formula is C12H8FNOS. The molecule has 2 aromatic rings. The average molecular weight is 233 g/mol.